The number of nitro benzene ring substituents is 1. The second kappa shape index (κ2) is 5.32. The van der Waals surface area contributed by atoms with Gasteiger partial charge in [0.05, 0.1) is 15.5 Å². The second-order valence-corrected chi connectivity index (χ2v) is 4.78. The largest absolute Gasteiger partial charge is 0.368 e. The van der Waals surface area contributed by atoms with Gasteiger partial charge in [0.2, 0.25) is 5.91 Å². The number of halogens is 1. The molecule has 0 heterocycles. The second-order valence-electron chi connectivity index (χ2n) is 4.38. The first-order valence-electron chi connectivity index (χ1n) is 5.22. The zero-order valence-electron chi connectivity index (χ0n) is 10.1. The van der Waals surface area contributed by atoms with E-state index in [9.17, 15) is 14.9 Å². The van der Waals surface area contributed by atoms with Crippen molar-refractivity contribution in [1.29, 1.82) is 0 Å². The molecule has 0 aliphatic heterocycles. The fourth-order valence-corrected chi connectivity index (χ4v) is 1.44. The minimum atomic E-state index is -0.870. The molecular weight excluding hydrogens is 258 g/mol. The van der Waals surface area contributed by atoms with Crippen LogP contribution in [0.25, 0.3) is 0 Å². The molecule has 0 aromatic heterocycles. The molecule has 0 fully saturated rings. The van der Waals surface area contributed by atoms with Crippen LogP contribution in [0.5, 0.6) is 0 Å². The molecule has 0 unspecified atom stereocenters. The highest BCUT2D eigenvalue weighted by Crippen LogP contribution is 2.22. The third-order valence-electron chi connectivity index (χ3n) is 2.58. The number of primary amides is 1. The van der Waals surface area contributed by atoms with E-state index in [1.54, 1.807) is 19.9 Å². The number of nitrogens with one attached hydrogen (secondary N) is 1. The van der Waals surface area contributed by atoms with Crippen molar-refractivity contribution in [3.8, 4) is 0 Å². The monoisotopic (exact) mass is 271 g/mol. The van der Waals surface area contributed by atoms with Gasteiger partial charge in [0.1, 0.15) is 0 Å². The lowest BCUT2D eigenvalue weighted by Gasteiger charge is -2.22. The van der Waals surface area contributed by atoms with E-state index < -0.39 is 16.4 Å². The average Bonchev–Trinajstić information content (AvgIpc) is 2.26. The van der Waals surface area contributed by atoms with Gasteiger partial charge in [-0.1, -0.05) is 11.6 Å². The summed E-state index contributed by atoms with van der Waals surface area (Å²) in [4.78, 5) is 21.1. The van der Waals surface area contributed by atoms with E-state index in [2.05, 4.69) is 5.32 Å². The third-order valence-corrected chi connectivity index (χ3v) is 2.94. The Morgan fingerprint density at radius 1 is 1.56 bits per heavy atom. The fourth-order valence-electron chi connectivity index (χ4n) is 1.20. The smallest absolute Gasteiger partial charge is 0.270 e. The molecule has 6 nitrogen and oxygen atoms in total. The topological polar surface area (TPSA) is 98.3 Å². The van der Waals surface area contributed by atoms with Crippen molar-refractivity contribution < 1.29 is 9.72 Å². The molecule has 0 bridgehead atoms. The summed E-state index contributed by atoms with van der Waals surface area (Å²) in [5.41, 5.74) is 4.93. The van der Waals surface area contributed by atoms with E-state index in [1.165, 1.54) is 12.1 Å². The standard InChI is InChI=1S/C11H14ClN3O3/c1-11(2,10(13)16)14-6-7-3-4-8(15(17)18)5-9(7)12/h3-5,14H,6H2,1-2H3,(H2,13,16). The Morgan fingerprint density at radius 3 is 2.61 bits per heavy atom. The van der Waals surface area contributed by atoms with Crippen LogP contribution in [-0.4, -0.2) is 16.4 Å². The Labute approximate surface area is 109 Å². The van der Waals surface area contributed by atoms with Gasteiger partial charge < -0.3 is 5.73 Å². The van der Waals surface area contributed by atoms with Crippen molar-refractivity contribution in [3.05, 3.63) is 38.9 Å². The predicted octanol–water partition coefficient (Wildman–Crippen LogP) is 1.60. The molecule has 0 radical (unpaired) electrons. The number of non-ortho nitro benzene ring substituents is 1. The molecule has 0 saturated heterocycles. The van der Waals surface area contributed by atoms with Crippen LogP contribution >= 0.6 is 11.6 Å². The average molecular weight is 272 g/mol. The minimum absolute atomic E-state index is 0.0714. The summed E-state index contributed by atoms with van der Waals surface area (Å²) >= 11 is 5.92. The van der Waals surface area contributed by atoms with Gasteiger partial charge in [-0.05, 0) is 25.5 Å². The van der Waals surface area contributed by atoms with Gasteiger partial charge in [-0.25, -0.2) is 0 Å². The first kappa shape index (κ1) is 14.4. The summed E-state index contributed by atoms with van der Waals surface area (Å²) in [6.45, 7) is 3.59. The molecule has 0 aliphatic rings. The Balaban J connectivity index is 2.81. The van der Waals surface area contributed by atoms with Crippen molar-refractivity contribution in [3.63, 3.8) is 0 Å². The molecule has 98 valence electrons. The normalized spacial score (nSPS) is 11.3. The van der Waals surface area contributed by atoms with Gasteiger partial charge in [0.25, 0.3) is 5.69 Å². The van der Waals surface area contributed by atoms with Crippen LogP contribution in [0.15, 0.2) is 18.2 Å². The maximum atomic E-state index is 11.1. The number of nitrogens with two attached hydrogens (primary N) is 1. The number of amides is 1. The maximum Gasteiger partial charge on any atom is 0.270 e. The van der Waals surface area contributed by atoms with E-state index in [1.807, 2.05) is 0 Å². The van der Waals surface area contributed by atoms with Gasteiger partial charge in [-0.15, -0.1) is 0 Å². The van der Waals surface area contributed by atoms with Gasteiger partial charge >= 0.3 is 0 Å². The zero-order chi connectivity index (χ0) is 13.9. The molecule has 3 N–H and O–H groups in total. The summed E-state index contributed by atoms with van der Waals surface area (Å²) in [6, 6.07) is 4.18. The highest BCUT2D eigenvalue weighted by molar-refractivity contribution is 6.31. The number of benzene rings is 1. The van der Waals surface area contributed by atoms with E-state index in [0.29, 0.717) is 12.1 Å². The zero-order valence-corrected chi connectivity index (χ0v) is 10.8. The van der Waals surface area contributed by atoms with Crippen molar-refractivity contribution in [2.45, 2.75) is 25.9 Å². The quantitative estimate of drug-likeness (QED) is 0.628. The lowest BCUT2D eigenvalue weighted by molar-refractivity contribution is -0.384. The number of carbonyl (C=O) groups is 1. The van der Waals surface area contributed by atoms with Crippen molar-refractivity contribution >= 4 is 23.2 Å². The number of rotatable bonds is 5. The SMILES string of the molecule is CC(C)(NCc1ccc([N+](=O)[O-])cc1Cl)C(N)=O. The van der Waals surface area contributed by atoms with Crippen LogP contribution in [-0.2, 0) is 11.3 Å². The predicted molar refractivity (Wildman–Crippen MR) is 68.2 cm³/mol. The molecule has 0 saturated carbocycles. The number of nitro groups is 1. The molecule has 18 heavy (non-hydrogen) atoms. The summed E-state index contributed by atoms with van der Waals surface area (Å²) in [5.74, 6) is -0.486. The first-order chi connectivity index (χ1) is 8.24. The van der Waals surface area contributed by atoms with Gasteiger partial charge in [-0.3, -0.25) is 20.2 Å². The van der Waals surface area contributed by atoms with E-state index in [0.717, 1.165) is 0 Å². The molecule has 1 rings (SSSR count). The lowest BCUT2D eigenvalue weighted by atomic mass is 10.0. The maximum absolute atomic E-state index is 11.1. The number of carbonyl (C=O) groups excluding carboxylic acids is 1. The molecule has 1 amide bonds. The Bertz CT molecular complexity index is 488. The van der Waals surface area contributed by atoms with Crippen LogP contribution in [0, 0.1) is 10.1 Å². The summed E-state index contributed by atoms with van der Waals surface area (Å²) in [6.07, 6.45) is 0. The first-order valence-corrected chi connectivity index (χ1v) is 5.59. The van der Waals surface area contributed by atoms with Gasteiger partial charge in [0.15, 0.2) is 0 Å². The minimum Gasteiger partial charge on any atom is -0.368 e. The molecule has 7 heteroatoms. The van der Waals surface area contributed by atoms with Crippen LogP contribution in [0.3, 0.4) is 0 Å². The number of nitrogens with zero attached hydrogens (tertiary/aromatic N) is 1. The highest BCUT2D eigenvalue weighted by atomic mass is 35.5. The van der Waals surface area contributed by atoms with Crippen molar-refractivity contribution in [2.24, 2.45) is 5.73 Å². The van der Waals surface area contributed by atoms with Crippen LogP contribution < -0.4 is 11.1 Å². The van der Waals surface area contributed by atoms with E-state index >= 15 is 0 Å². The van der Waals surface area contributed by atoms with Crippen molar-refractivity contribution in [2.75, 3.05) is 0 Å². The Kier molecular flexibility index (Phi) is 4.26. The van der Waals surface area contributed by atoms with Crippen molar-refractivity contribution in [1.82, 2.24) is 5.32 Å². The summed E-state index contributed by atoms with van der Waals surface area (Å²) in [7, 11) is 0. The fraction of sp³-hybridized carbons (Fsp3) is 0.364. The molecule has 0 atom stereocenters. The summed E-state index contributed by atoms with van der Waals surface area (Å²) in [5, 5.41) is 13.8. The van der Waals surface area contributed by atoms with Crippen LogP contribution in [0.1, 0.15) is 19.4 Å². The lowest BCUT2D eigenvalue weighted by Crippen LogP contribution is -2.50. The van der Waals surface area contributed by atoms with Crippen LogP contribution in [0.2, 0.25) is 5.02 Å². The Morgan fingerprint density at radius 2 is 2.17 bits per heavy atom. The number of hydrogen-bond donors (Lipinski definition) is 2. The molecule has 0 spiro atoms. The Hall–Kier alpha value is -1.66. The molecular formula is C11H14ClN3O3. The summed E-state index contributed by atoms with van der Waals surface area (Å²) < 4.78 is 0. The van der Waals surface area contributed by atoms with E-state index in [4.69, 9.17) is 17.3 Å². The van der Waals surface area contributed by atoms with Gasteiger partial charge in [-0.2, -0.15) is 0 Å². The van der Waals surface area contributed by atoms with Gasteiger partial charge in [0, 0.05) is 18.7 Å². The molecule has 1 aromatic carbocycles. The highest BCUT2D eigenvalue weighted by Gasteiger charge is 2.24. The van der Waals surface area contributed by atoms with Crippen LogP contribution in [0.4, 0.5) is 5.69 Å². The van der Waals surface area contributed by atoms with E-state index in [-0.39, 0.29) is 10.7 Å². The molecule has 0 aliphatic carbocycles. The number of hydrogen-bond acceptors (Lipinski definition) is 4. The third kappa shape index (κ3) is 3.41. The molecule has 1 aromatic rings.